The largest absolute Gasteiger partial charge is 0.452 e. The number of hydrogen-bond donors (Lipinski definition) is 3. The fourth-order valence-electron chi connectivity index (χ4n) is 7.62. The lowest BCUT2D eigenvalue weighted by Crippen LogP contribution is -2.35. The molecule has 0 aliphatic carbocycles. The first-order valence-electron chi connectivity index (χ1n) is 21.5. The van der Waals surface area contributed by atoms with Gasteiger partial charge in [-0.15, -0.1) is 0 Å². The minimum atomic E-state index is -0.954. The molecule has 2 aromatic carbocycles. The number of hydrogen-bond acceptors (Lipinski definition) is 13. The first kappa shape index (κ1) is 45.5. The van der Waals surface area contributed by atoms with Gasteiger partial charge in [0.1, 0.15) is 22.7 Å². The first-order valence-corrected chi connectivity index (χ1v) is 21.5. The predicted molar refractivity (Wildman–Crippen MR) is 243 cm³/mol. The number of nitrogens with two attached hydrogens (primary N) is 3. The van der Waals surface area contributed by atoms with E-state index in [-0.39, 0.29) is 11.8 Å². The van der Waals surface area contributed by atoms with Gasteiger partial charge in [-0.1, -0.05) is 63.1 Å². The molecule has 6 N–H and O–H groups in total. The van der Waals surface area contributed by atoms with Crippen LogP contribution in [-0.2, 0) is 49.8 Å². The van der Waals surface area contributed by atoms with E-state index in [1.165, 1.54) is 17.1 Å². The number of rotatable bonds is 15. The number of imidazole rings is 2. The molecule has 17 nitrogen and oxygen atoms in total. The van der Waals surface area contributed by atoms with Crippen LogP contribution in [-0.4, -0.2) is 88.8 Å². The van der Waals surface area contributed by atoms with Crippen molar-refractivity contribution in [2.45, 2.75) is 91.1 Å². The fourth-order valence-corrected chi connectivity index (χ4v) is 7.62. The summed E-state index contributed by atoms with van der Waals surface area (Å²) in [5.41, 5.74) is 23.6. The van der Waals surface area contributed by atoms with Gasteiger partial charge in [0.2, 0.25) is 0 Å². The molecule has 0 spiro atoms. The molecule has 330 valence electrons. The minimum absolute atomic E-state index is 0.225. The van der Waals surface area contributed by atoms with Crippen LogP contribution in [0, 0.1) is 0 Å². The van der Waals surface area contributed by atoms with E-state index < -0.39 is 17.9 Å². The summed E-state index contributed by atoms with van der Waals surface area (Å²) in [6, 6.07) is 16.1. The zero-order valence-electron chi connectivity index (χ0n) is 36.1. The molecule has 6 heterocycles. The van der Waals surface area contributed by atoms with E-state index in [1.54, 1.807) is 0 Å². The SMILES string of the molecule is CCCCc1nc2c(N)nc3ccccc3c2n1CCCCN.CCCCc1nc2c(N)nc3ccccc3c2n1CCCCN1C(=O)C=CC1=O.COC(=O)N1C(=O)C=CC1=O. The van der Waals surface area contributed by atoms with Crippen LogP contribution in [0.1, 0.15) is 76.9 Å². The molecule has 17 heteroatoms. The summed E-state index contributed by atoms with van der Waals surface area (Å²) in [6.45, 7) is 7.21. The van der Waals surface area contributed by atoms with Crippen LogP contribution in [0.3, 0.4) is 0 Å². The highest BCUT2D eigenvalue weighted by Crippen LogP contribution is 2.31. The van der Waals surface area contributed by atoms with Crippen LogP contribution in [0.2, 0.25) is 0 Å². The number of anilines is 2. The van der Waals surface area contributed by atoms with Crippen molar-refractivity contribution in [1.29, 1.82) is 0 Å². The van der Waals surface area contributed by atoms with Crippen molar-refractivity contribution in [2.75, 3.05) is 31.7 Å². The van der Waals surface area contributed by atoms with Crippen molar-refractivity contribution in [3.05, 3.63) is 84.5 Å². The number of para-hydroxylation sites is 2. The van der Waals surface area contributed by atoms with Gasteiger partial charge in [-0.25, -0.2) is 24.7 Å². The predicted octanol–water partition coefficient (Wildman–Crippen LogP) is 6.14. The Hall–Kier alpha value is -7.01. The van der Waals surface area contributed by atoms with Crippen molar-refractivity contribution in [3.63, 3.8) is 0 Å². The second-order valence-corrected chi connectivity index (χ2v) is 15.2. The number of benzene rings is 2. The third-order valence-electron chi connectivity index (χ3n) is 10.8. The third-order valence-corrected chi connectivity index (χ3v) is 10.8. The van der Waals surface area contributed by atoms with Crippen LogP contribution in [0.15, 0.2) is 72.8 Å². The van der Waals surface area contributed by atoms with Gasteiger partial charge in [0.15, 0.2) is 11.6 Å². The highest BCUT2D eigenvalue weighted by atomic mass is 16.5. The summed E-state index contributed by atoms with van der Waals surface area (Å²) in [7, 11) is 1.10. The van der Waals surface area contributed by atoms with Gasteiger partial charge in [0.25, 0.3) is 23.6 Å². The Morgan fingerprint density at radius 1 is 0.587 bits per heavy atom. The Kier molecular flexibility index (Phi) is 15.3. The average molecular weight is 858 g/mol. The lowest BCUT2D eigenvalue weighted by atomic mass is 10.1. The fraction of sp³-hybridized carbons (Fsp3) is 0.370. The van der Waals surface area contributed by atoms with E-state index in [2.05, 4.69) is 49.8 Å². The molecule has 4 aromatic heterocycles. The van der Waals surface area contributed by atoms with Crippen LogP contribution < -0.4 is 17.2 Å². The average Bonchev–Trinajstić information content (AvgIpc) is 4.04. The molecule has 0 saturated carbocycles. The molecule has 0 atom stereocenters. The highest BCUT2D eigenvalue weighted by Gasteiger charge is 2.30. The Balaban J connectivity index is 0.000000173. The van der Waals surface area contributed by atoms with E-state index in [1.807, 2.05) is 36.4 Å². The Bertz CT molecular complexity index is 2680. The van der Waals surface area contributed by atoms with Gasteiger partial charge in [-0.05, 0) is 57.2 Å². The van der Waals surface area contributed by atoms with E-state index in [9.17, 15) is 24.0 Å². The van der Waals surface area contributed by atoms with Crippen LogP contribution in [0.5, 0.6) is 0 Å². The van der Waals surface area contributed by atoms with Gasteiger partial charge < -0.3 is 31.1 Å². The minimum Gasteiger partial charge on any atom is -0.452 e. The lowest BCUT2D eigenvalue weighted by molar-refractivity contribution is -0.137. The quantitative estimate of drug-likeness (QED) is 0.0778. The molecule has 8 rings (SSSR count). The monoisotopic (exact) mass is 857 g/mol. The van der Waals surface area contributed by atoms with Crippen LogP contribution in [0.25, 0.3) is 43.9 Å². The number of pyridine rings is 2. The number of methoxy groups -OCH3 is 1. The van der Waals surface area contributed by atoms with Crippen LogP contribution >= 0.6 is 0 Å². The van der Waals surface area contributed by atoms with Gasteiger partial charge >= 0.3 is 6.09 Å². The molecule has 0 unspecified atom stereocenters. The summed E-state index contributed by atoms with van der Waals surface area (Å²) in [4.78, 5) is 75.9. The first-order chi connectivity index (χ1) is 30.5. The second-order valence-electron chi connectivity index (χ2n) is 15.2. The second kappa shape index (κ2) is 21.2. The van der Waals surface area contributed by atoms with E-state index in [0.717, 1.165) is 159 Å². The summed E-state index contributed by atoms with van der Waals surface area (Å²) >= 11 is 0. The smallest absolute Gasteiger partial charge is 0.423 e. The summed E-state index contributed by atoms with van der Waals surface area (Å²) in [5, 5.41) is 2.17. The summed E-state index contributed by atoms with van der Waals surface area (Å²) < 4.78 is 8.76. The molecule has 2 aliphatic rings. The number of ether oxygens (including phenoxy) is 1. The molecule has 63 heavy (non-hydrogen) atoms. The molecule has 5 amide bonds. The number of imide groups is 4. The number of aromatic nitrogens is 6. The molecule has 6 aromatic rings. The lowest BCUT2D eigenvalue weighted by Gasteiger charge is -2.14. The van der Waals surface area contributed by atoms with Crippen LogP contribution in [0.4, 0.5) is 16.4 Å². The van der Waals surface area contributed by atoms with Crippen molar-refractivity contribution in [3.8, 4) is 0 Å². The molecular weight excluding hydrogens is 803 g/mol. The highest BCUT2D eigenvalue weighted by molar-refractivity contribution is 6.21. The number of carbonyl (C=O) groups is 5. The maximum atomic E-state index is 11.7. The van der Waals surface area contributed by atoms with E-state index in [4.69, 9.17) is 27.2 Å². The topological polar surface area (TPSA) is 241 Å². The molecule has 0 saturated heterocycles. The number of nitrogens with zero attached hydrogens (tertiary/aromatic N) is 8. The van der Waals surface area contributed by atoms with Crippen molar-refractivity contribution >= 4 is 85.2 Å². The van der Waals surface area contributed by atoms with Crippen molar-refractivity contribution in [1.82, 2.24) is 38.9 Å². The van der Waals surface area contributed by atoms with Crippen molar-refractivity contribution < 1.29 is 28.7 Å². The molecular formula is C46H55N11O6. The summed E-state index contributed by atoms with van der Waals surface area (Å²) in [6.07, 6.45) is 13.7. The van der Waals surface area contributed by atoms with Gasteiger partial charge in [-0.2, -0.15) is 4.90 Å². The number of fused-ring (bicyclic) bond motifs is 6. The number of aryl methyl sites for hydroxylation is 4. The number of unbranched alkanes of at least 4 members (excludes halogenated alkanes) is 4. The number of amides is 5. The zero-order chi connectivity index (χ0) is 45.0. The number of carbonyl (C=O) groups excluding carboxylic acids is 5. The zero-order valence-corrected chi connectivity index (χ0v) is 36.1. The Morgan fingerprint density at radius 2 is 1.02 bits per heavy atom. The Labute approximate surface area is 365 Å². The Morgan fingerprint density at radius 3 is 1.46 bits per heavy atom. The van der Waals surface area contributed by atoms with Crippen molar-refractivity contribution in [2.24, 2.45) is 5.73 Å². The van der Waals surface area contributed by atoms with E-state index >= 15 is 0 Å². The number of nitrogen functional groups attached to an aromatic ring is 2. The maximum Gasteiger partial charge on any atom is 0.423 e. The van der Waals surface area contributed by atoms with Gasteiger partial charge in [0.05, 0.1) is 29.2 Å². The van der Waals surface area contributed by atoms with Gasteiger partial charge in [-0.3, -0.25) is 24.1 Å². The molecule has 0 fully saturated rings. The molecule has 2 aliphatic heterocycles. The normalized spacial score (nSPS) is 13.5. The molecule has 0 radical (unpaired) electrons. The van der Waals surface area contributed by atoms with Gasteiger partial charge in [0, 0.05) is 67.6 Å². The third kappa shape index (κ3) is 10.2. The standard InChI is InChI=1S/C22H25N5O2.C18H25N5.C6H5NO4/c1-2-3-10-17-25-20-21(15-8-4-5-9-16(15)24-22(20)23)26(17)13-6-7-14-27-18(28)11-12-19(27)29;1-2-3-10-15-22-16-17(23(15)12-7-6-11-19)13-8-4-5-9-14(13)21-18(16)20;1-11-6(10)7-4(8)2-3-5(7)9/h4-5,8-9,11-12H,2-3,6-7,10,13-14H2,1H3,(H2,23,24);4-5,8-9H,2-3,6-7,10-12,19H2,1H3,(H2,20,21);2-3H,1H3. The molecule has 0 bridgehead atoms. The van der Waals surface area contributed by atoms with E-state index in [0.29, 0.717) is 23.1 Å². The summed E-state index contributed by atoms with van der Waals surface area (Å²) in [5.74, 6) is 1.32. The maximum absolute atomic E-state index is 11.7.